The molecular formula is C27H43Cl2N3S. The molecule has 0 N–H and O–H groups in total. The van der Waals surface area contributed by atoms with Crippen LogP contribution in [0.15, 0.2) is 29.8 Å². The van der Waals surface area contributed by atoms with Crippen molar-refractivity contribution in [2.45, 2.75) is 72.1 Å². The van der Waals surface area contributed by atoms with Crippen molar-refractivity contribution < 1.29 is 0 Å². The monoisotopic (exact) mass is 511 g/mol. The lowest BCUT2D eigenvalue weighted by molar-refractivity contribution is 0.169. The van der Waals surface area contributed by atoms with Crippen molar-refractivity contribution in [3.05, 3.63) is 35.3 Å². The molecule has 0 unspecified atom stereocenters. The van der Waals surface area contributed by atoms with Crippen LogP contribution in [0.3, 0.4) is 0 Å². The fourth-order valence-corrected chi connectivity index (χ4v) is 6.17. The van der Waals surface area contributed by atoms with E-state index in [4.69, 9.17) is 0 Å². The molecule has 3 nitrogen and oxygen atoms in total. The van der Waals surface area contributed by atoms with Gasteiger partial charge in [0.05, 0.1) is 0 Å². The fraction of sp³-hybridized carbons (Fsp3) is 0.667. The Hall–Kier alpha value is -0.810. The number of hydrogen-bond donors (Lipinski definition) is 0. The largest absolute Gasteiger partial charge is 0.369 e. The van der Waals surface area contributed by atoms with Gasteiger partial charge in [0.15, 0.2) is 0 Å². The van der Waals surface area contributed by atoms with E-state index in [-0.39, 0.29) is 24.8 Å². The van der Waals surface area contributed by atoms with Gasteiger partial charge in [0.2, 0.25) is 0 Å². The Kier molecular flexibility index (Phi) is 11.0. The van der Waals surface area contributed by atoms with Crippen molar-refractivity contribution in [3.8, 4) is 10.6 Å². The van der Waals surface area contributed by atoms with Crippen LogP contribution in [-0.4, -0.2) is 42.6 Å². The van der Waals surface area contributed by atoms with E-state index in [2.05, 4.69) is 66.1 Å². The van der Waals surface area contributed by atoms with Crippen molar-refractivity contribution in [3.63, 3.8) is 0 Å². The summed E-state index contributed by atoms with van der Waals surface area (Å²) in [5.74, 6) is 1.54. The van der Waals surface area contributed by atoms with Gasteiger partial charge >= 0.3 is 0 Å². The van der Waals surface area contributed by atoms with E-state index in [1.54, 1.807) is 16.9 Å². The van der Waals surface area contributed by atoms with E-state index in [9.17, 15) is 0 Å². The lowest BCUT2D eigenvalue weighted by Crippen LogP contribution is -2.47. The van der Waals surface area contributed by atoms with Crippen LogP contribution in [0, 0.1) is 11.3 Å². The quantitative estimate of drug-likeness (QED) is 0.392. The van der Waals surface area contributed by atoms with Crippen LogP contribution in [0.4, 0.5) is 5.69 Å². The zero-order valence-corrected chi connectivity index (χ0v) is 23.3. The molecule has 1 aliphatic carbocycles. The van der Waals surface area contributed by atoms with Crippen LogP contribution in [0.2, 0.25) is 0 Å². The molecule has 33 heavy (non-hydrogen) atoms. The number of anilines is 1. The van der Waals surface area contributed by atoms with Gasteiger partial charge in [-0.2, -0.15) is 0 Å². The Morgan fingerprint density at radius 2 is 1.70 bits per heavy atom. The molecule has 1 saturated heterocycles. The smallest absolute Gasteiger partial charge is 0.123 e. The van der Waals surface area contributed by atoms with Crippen molar-refractivity contribution in [1.29, 1.82) is 0 Å². The molecule has 1 saturated carbocycles. The van der Waals surface area contributed by atoms with Crippen molar-refractivity contribution in [1.82, 2.24) is 9.88 Å². The van der Waals surface area contributed by atoms with E-state index in [0.717, 1.165) is 24.0 Å². The van der Waals surface area contributed by atoms with Gasteiger partial charge in [-0.15, -0.1) is 36.2 Å². The summed E-state index contributed by atoms with van der Waals surface area (Å²) in [6.07, 6.45) is 9.92. The van der Waals surface area contributed by atoms with Crippen molar-refractivity contribution in [2.75, 3.05) is 37.6 Å². The topological polar surface area (TPSA) is 19.4 Å². The van der Waals surface area contributed by atoms with Gasteiger partial charge in [0, 0.05) is 49.0 Å². The first-order valence-electron chi connectivity index (χ1n) is 12.5. The first kappa shape index (κ1) is 28.4. The van der Waals surface area contributed by atoms with Crippen molar-refractivity contribution in [2.24, 2.45) is 11.3 Å². The lowest BCUT2D eigenvalue weighted by Gasteiger charge is -2.40. The minimum atomic E-state index is 0. The normalized spacial score (nSPS) is 21.9. The van der Waals surface area contributed by atoms with Gasteiger partial charge in [-0.05, 0) is 79.7 Å². The number of rotatable bonds is 6. The zero-order chi connectivity index (χ0) is 21.8. The minimum Gasteiger partial charge on any atom is -0.369 e. The SMILES string of the molecule is CCCCN1CCN(c2ccc(-c3nccs3)cc2C2CCC(C(C)(C)C)CC2)CC1.Cl.Cl. The standard InChI is InChI=1S/C27H41N3S.2ClH/c1-5-6-14-29-15-17-30(18-16-29)25-12-9-22(26-28-13-19-31-26)20-24(25)21-7-10-23(11-8-21)27(2,3)4;;/h9,12-13,19-21,23H,5-8,10-11,14-18H2,1-4H3;2*1H. The Balaban J connectivity index is 0.00000193. The molecule has 1 aromatic carbocycles. The average Bonchev–Trinajstić information content (AvgIpc) is 3.32. The maximum Gasteiger partial charge on any atom is 0.123 e. The first-order chi connectivity index (χ1) is 15.0. The average molecular weight is 513 g/mol. The predicted octanol–water partition coefficient (Wildman–Crippen LogP) is 7.90. The van der Waals surface area contributed by atoms with Gasteiger partial charge in [-0.3, -0.25) is 4.90 Å². The second-order valence-electron chi connectivity index (χ2n) is 10.7. The fourth-order valence-electron chi connectivity index (χ4n) is 5.53. The van der Waals surface area contributed by atoms with E-state index in [1.165, 1.54) is 69.4 Å². The minimum absolute atomic E-state index is 0. The van der Waals surface area contributed by atoms with Crippen LogP contribution in [0.5, 0.6) is 0 Å². The number of benzene rings is 1. The molecule has 2 aliphatic rings. The highest BCUT2D eigenvalue weighted by Gasteiger charge is 2.32. The Morgan fingerprint density at radius 1 is 1.00 bits per heavy atom. The van der Waals surface area contributed by atoms with E-state index in [0.29, 0.717) is 11.3 Å². The molecular weight excluding hydrogens is 469 g/mol. The molecule has 0 spiro atoms. The summed E-state index contributed by atoms with van der Waals surface area (Å²) in [7, 11) is 0. The molecule has 0 radical (unpaired) electrons. The van der Waals surface area contributed by atoms with Gasteiger partial charge in [-0.25, -0.2) is 4.98 Å². The number of piperazine rings is 1. The third-order valence-corrected chi connectivity index (χ3v) is 8.46. The number of nitrogens with zero attached hydrogens (tertiary/aromatic N) is 3. The summed E-state index contributed by atoms with van der Waals surface area (Å²) in [4.78, 5) is 9.91. The van der Waals surface area contributed by atoms with Crippen LogP contribution < -0.4 is 4.90 Å². The molecule has 0 bridgehead atoms. The molecule has 0 amide bonds. The second kappa shape index (κ2) is 12.8. The maximum absolute atomic E-state index is 4.60. The summed E-state index contributed by atoms with van der Waals surface area (Å²) in [5, 5.41) is 3.24. The summed E-state index contributed by atoms with van der Waals surface area (Å²) in [5.41, 5.74) is 4.82. The first-order valence-corrected chi connectivity index (χ1v) is 13.3. The Bertz CT molecular complexity index is 818. The van der Waals surface area contributed by atoms with E-state index < -0.39 is 0 Å². The summed E-state index contributed by atoms with van der Waals surface area (Å²) >= 11 is 1.75. The highest BCUT2D eigenvalue weighted by molar-refractivity contribution is 7.13. The molecule has 1 aromatic heterocycles. The molecule has 2 heterocycles. The van der Waals surface area contributed by atoms with Gasteiger partial charge < -0.3 is 4.90 Å². The molecule has 6 heteroatoms. The van der Waals surface area contributed by atoms with Gasteiger partial charge in [0.25, 0.3) is 0 Å². The number of hydrogen-bond acceptors (Lipinski definition) is 4. The third kappa shape index (κ3) is 7.10. The Labute approximate surface area is 218 Å². The molecule has 2 fully saturated rings. The van der Waals surface area contributed by atoms with Crippen LogP contribution in [0.25, 0.3) is 10.6 Å². The van der Waals surface area contributed by atoms with Gasteiger partial charge in [-0.1, -0.05) is 34.1 Å². The molecule has 1 aliphatic heterocycles. The molecule has 186 valence electrons. The van der Waals surface area contributed by atoms with E-state index >= 15 is 0 Å². The van der Waals surface area contributed by atoms with E-state index in [1.807, 2.05) is 6.20 Å². The maximum atomic E-state index is 4.60. The highest BCUT2D eigenvalue weighted by Crippen LogP contribution is 2.46. The third-order valence-electron chi connectivity index (χ3n) is 7.64. The van der Waals surface area contributed by atoms with Crippen LogP contribution in [0.1, 0.15) is 77.7 Å². The second-order valence-corrected chi connectivity index (χ2v) is 11.6. The van der Waals surface area contributed by atoms with Crippen LogP contribution >= 0.6 is 36.2 Å². The predicted molar refractivity (Wildman–Crippen MR) is 150 cm³/mol. The van der Waals surface area contributed by atoms with Crippen LogP contribution in [-0.2, 0) is 0 Å². The highest BCUT2D eigenvalue weighted by atomic mass is 35.5. The number of aromatic nitrogens is 1. The number of unbranched alkanes of at least 4 members (excludes halogenated alkanes) is 1. The summed E-state index contributed by atoms with van der Waals surface area (Å²) in [6.45, 7) is 15.5. The zero-order valence-electron chi connectivity index (χ0n) is 20.9. The number of thiazole rings is 1. The molecule has 4 rings (SSSR count). The van der Waals surface area contributed by atoms with Gasteiger partial charge in [0.1, 0.15) is 5.01 Å². The number of halogens is 2. The van der Waals surface area contributed by atoms with Crippen molar-refractivity contribution >= 4 is 41.8 Å². The summed E-state index contributed by atoms with van der Waals surface area (Å²) in [6, 6.07) is 7.20. The molecule has 2 aromatic rings. The Morgan fingerprint density at radius 3 is 2.27 bits per heavy atom. The lowest BCUT2D eigenvalue weighted by atomic mass is 9.68. The summed E-state index contributed by atoms with van der Waals surface area (Å²) < 4.78 is 0. The molecule has 0 atom stereocenters.